The van der Waals surface area contributed by atoms with Gasteiger partial charge < -0.3 is 4.90 Å². The fourth-order valence-corrected chi connectivity index (χ4v) is 3.62. The second-order valence-electron chi connectivity index (χ2n) is 5.79. The molecular weight excluding hydrogens is 331 g/mol. The summed E-state index contributed by atoms with van der Waals surface area (Å²) in [7, 11) is -0.619. The van der Waals surface area contributed by atoms with E-state index < -0.39 is 10.0 Å². The zero-order valence-electron chi connectivity index (χ0n) is 13.4. The largest absolute Gasteiger partial charge is 0.308 e. The third-order valence-corrected chi connectivity index (χ3v) is 5.89. The van der Waals surface area contributed by atoms with Crippen LogP contribution in [0.1, 0.15) is 15.9 Å². The standard InChI is InChI=1S/C17H17FN2O3S/c1-19(2)24(22,23)15-6-3-12(4-7-15)17(21)20-10-9-13-11-14(18)5-8-16(13)20/h3-8,11H,9-10H2,1-2H3. The number of rotatable bonds is 3. The minimum Gasteiger partial charge on any atom is -0.308 e. The van der Waals surface area contributed by atoms with E-state index in [2.05, 4.69) is 0 Å². The number of fused-ring (bicyclic) bond motifs is 1. The third kappa shape index (κ3) is 2.81. The van der Waals surface area contributed by atoms with Gasteiger partial charge in [0.25, 0.3) is 5.91 Å². The lowest BCUT2D eigenvalue weighted by atomic mass is 10.1. The van der Waals surface area contributed by atoms with Gasteiger partial charge >= 0.3 is 0 Å². The highest BCUT2D eigenvalue weighted by Crippen LogP contribution is 2.30. The predicted octanol–water partition coefficient (Wildman–Crippen LogP) is 2.28. The van der Waals surface area contributed by atoms with Crippen LogP contribution in [0, 0.1) is 5.82 Å². The van der Waals surface area contributed by atoms with Crippen molar-refractivity contribution in [2.75, 3.05) is 25.5 Å². The van der Waals surface area contributed by atoms with E-state index in [0.29, 0.717) is 24.2 Å². The second-order valence-corrected chi connectivity index (χ2v) is 7.94. The maximum absolute atomic E-state index is 13.3. The van der Waals surface area contributed by atoms with Crippen molar-refractivity contribution in [1.29, 1.82) is 0 Å². The van der Waals surface area contributed by atoms with Gasteiger partial charge in [0.2, 0.25) is 10.0 Å². The van der Waals surface area contributed by atoms with E-state index >= 15 is 0 Å². The Hall–Kier alpha value is -2.25. The van der Waals surface area contributed by atoms with Crippen molar-refractivity contribution in [2.24, 2.45) is 0 Å². The van der Waals surface area contributed by atoms with Gasteiger partial charge in [-0.2, -0.15) is 0 Å². The highest BCUT2D eigenvalue weighted by molar-refractivity contribution is 7.89. The number of carbonyl (C=O) groups excluding carboxylic acids is 1. The van der Waals surface area contributed by atoms with E-state index in [1.54, 1.807) is 11.0 Å². The number of halogens is 1. The zero-order valence-corrected chi connectivity index (χ0v) is 14.2. The number of nitrogens with zero attached hydrogens (tertiary/aromatic N) is 2. The Morgan fingerprint density at radius 2 is 1.79 bits per heavy atom. The molecule has 1 heterocycles. The number of sulfonamides is 1. The van der Waals surface area contributed by atoms with E-state index in [9.17, 15) is 17.6 Å². The molecule has 1 amide bonds. The van der Waals surface area contributed by atoms with Crippen LogP contribution in [-0.4, -0.2) is 39.3 Å². The average Bonchev–Trinajstić information content (AvgIpc) is 2.97. The van der Waals surface area contributed by atoms with Crippen molar-refractivity contribution in [3.8, 4) is 0 Å². The normalized spacial score (nSPS) is 14.1. The van der Waals surface area contributed by atoms with Crippen molar-refractivity contribution >= 4 is 21.6 Å². The van der Waals surface area contributed by atoms with Crippen LogP contribution in [0.3, 0.4) is 0 Å². The van der Waals surface area contributed by atoms with Crippen LogP contribution < -0.4 is 4.90 Å². The Morgan fingerprint density at radius 3 is 2.42 bits per heavy atom. The number of anilines is 1. The molecule has 0 bridgehead atoms. The van der Waals surface area contributed by atoms with Crippen LogP contribution in [0.25, 0.3) is 0 Å². The van der Waals surface area contributed by atoms with Gasteiger partial charge in [-0.3, -0.25) is 4.79 Å². The van der Waals surface area contributed by atoms with Crippen LogP contribution >= 0.6 is 0 Å². The van der Waals surface area contributed by atoms with E-state index in [0.717, 1.165) is 9.87 Å². The molecule has 126 valence electrons. The molecule has 0 aliphatic carbocycles. The summed E-state index contributed by atoms with van der Waals surface area (Å²) in [5.74, 6) is -0.546. The van der Waals surface area contributed by atoms with Crippen LogP contribution in [0.2, 0.25) is 0 Å². The Morgan fingerprint density at radius 1 is 1.12 bits per heavy atom. The summed E-state index contributed by atoms with van der Waals surface area (Å²) in [4.78, 5) is 14.4. The van der Waals surface area contributed by atoms with Crippen molar-refractivity contribution < 1.29 is 17.6 Å². The maximum Gasteiger partial charge on any atom is 0.258 e. The van der Waals surface area contributed by atoms with Crippen molar-refractivity contribution in [2.45, 2.75) is 11.3 Å². The van der Waals surface area contributed by atoms with Gasteiger partial charge in [0, 0.05) is 31.9 Å². The summed E-state index contributed by atoms with van der Waals surface area (Å²) in [5, 5.41) is 0. The molecule has 0 atom stereocenters. The molecule has 0 saturated carbocycles. The molecule has 5 nitrogen and oxygen atoms in total. The maximum atomic E-state index is 13.3. The van der Waals surface area contributed by atoms with E-state index in [1.165, 1.54) is 50.5 Å². The zero-order chi connectivity index (χ0) is 17.5. The lowest BCUT2D eigenvalue weighted by Gasteiger charge is -2.18. The molecule has 2 aromatic carbocycles. The SMILES string of the molecule is CN(C)S(=O)(=O)c1ccc(C(=O)N2CCc3cc(F)ccc32)cc1. The first-order chi connectivity index (χ1) is 11.3. The van der Waals surface area contributed by atoms with E-state index in [4.69, 9.17) is 0 Å². The minimum atomic E-state index is -3.53. The molecule has 7 heteroatoms. The molecule has 24 heavy (non-hydrogen) atoms. The Bertz CT molecular complexity index is 893. The lowest BCUT2D eigenvalue weighted by molar-refractivity contribution is 0.0989. The molecule has 1 aliphatic heterocycles. The average molecular weight is 348 g/mol. The van der Waals surface area contributed by atoms with Crippen molar-refractivity contribution in [3.05, 3.63) is 59.4 Å². The van der Waals surface area contributed by atoms with Crippen LogP contribution in [0.15, 0.2) is 47.4 Å². The van der Waals surface area contributed by atoms with Gasteiger partial charge in [-0.15, -0.1) is 0 Å². The van der Waals surface area contributed by atoms with Crippen molar-refractivity contribution in [1.82, 2.24) is 4.31 Å². The predicted molar refractivity (Wildman–Crippen MR) is 89.1 cm³/mol. The van der Waals surface area contributed by atoms with Gasteiger partial charge in [0.05, 0.1) is 4.90 Å². The molecule has 0 fully saturated rings. The van der Waals surface area contributed by atoms with E-state index in [1.807, 2.05) is 0 Å². The fourth-order valence-electron chi connectivity index (χ4n) is 2.72. The van der Waals surface area contributed by atoms with Gasteiger partial charge in [0.15, 0.2) is 0 Å². The third-order valence-electron chi connectivity index (χ3n) is 4.06. The number of hydrogen-bond donors (Lipinski definition) is 0. The second kappa shape index (κ2) is 5.99. The van der Waals surface area contributed by atoms with Crippen LogP contribution in [0.4, 0.5) is 10.1 Å². The van der Waals surface area contributed by atoms with Gasteiger partial charge in [-0.1, -0.05) is 0 Å². The summed E-state index contributed by atoms with van der Waals surface area (Å²) >= 11 is 0. The molecule has 2 aromatic rings. The number of benzene rings is 2. The van der Waals surface area contributed by atoms with Crippen LogP contribution in [-0.2, 0) is 16.4 Å². The Kier molecular flexibility index (Phi) is 4.15. The topological polar surface area (TPSA) is 57.7 Å². The molecule has 0 N–H and O–H groups in total. The summed E-state index contributed by atoms with van der Waals surface area (Å²) in [6.45, 7) is 0.482. The number of hydrogen-bond acceptors (Lipinski definition) is 3. The monoisotopic (exact) mass is 348 g/mol. The number of amides is 1. The smallest absolute Gasteiger partial charge is 0.258 e. The van der Waals surface area contributed by atoms with Gasteiger partial charge in [-0.05, 0) is 54.4 Å². The Balaban J connectivity index is 1.88. The summed E-state index contributed by atoms with van der Waals surface area (Å²) < 4.78 is 38.5. The molecule has 0 saturated heterocycles. The first-order valence-electron chi connectivity index (χ1n) is 7.43. The van der Waals surface area contributed by atoms with Crippen LogP contribution in [0.5, 0.6) is 0 Å². The first-order valence-corrected chi connectivity index (χ1v) is 8.87. The van der Waals surface area contributed by atoms with Gasteiger partial charge in [0.1, 0.15) is 5.82 Å². The molecule has 0 aromatic heterocycles. The molecule has 0 spiro atoms. The molecular formula is C17H17FN2O3S. The Labute approximate surface area is 140 Å². The fraction of sp³-hybridized carbons (Fsp3) is 0.235. The molecule has 0 radical (unpaired) electrons. The van der Waals surface area contributed by atoms with Gasteiger partial charge in [-0.25, -0.2) is 17.1 Å². The summed E-state index contributed by atoms with van der Waals surface area (Å²) in [5.41, 5.74) is 1.89. The lowest BCUT2D eigenvalue weighted by Crippen LogP contribution is -2.29. The molecule has 0 unspecified atom stereocenters. The minimum absolute atomic E-state index is 0.132. The highest BCUT2D eigenvalue weighted by atomic mass is 32.2. The van der Waals surface area contributed by atoms with Crippen molar-refractivity contribution in [3.63, 3.8) is 0 Å². The highest BCUT2D eigenvalue weighted by Gasteiger charge is 2.26. The summed E-state index contributed by atoms with van der Waals surface area (Å²) in [6, 6.07) is 10.2. The number of carbonyl (C=O) groups is 1. The van der Waals surface area contributed by atoms with E-state index in [-0.39, 0.29) is 16.6 Å². The molecule has 1 aliphatic rings. The summed E-state index contributed by atoms with van der Waals surface area (Å²) in [6.07, 6.45) is 0.603. The molecule has 3 rings (SSSR count). The quantitative estimate of drug-likeness (QED) is 0.855. The first kappa shape index (κ1) is 16.6.